The predicted molar refractivity (Wildman–Crippen MR) is 70.4 cm³/mol. The fourth-order valence-corrected chi connectivity index (χ4v) is 2.49. The molecular formula is C13H10N2OS. The molecule has 0 spiro atoms. The smallest absolute Gasteiger partial charge is 0.275 e. The molecule has 2 heterocycles. The van der Waals surface area contributed by atoms with Crippen LogP contribution in [0.3, 0.4) is 0 Å². The highest BCUT2D eigenvalue weighted by Crippen LogP contribution is 2.21. The molecule has 0 amide bonds. The maximum atomic E-state index is 11.9. The van der Waals surface area contributed by atoms with E-state index in [0.29, 0.717) is 5.69 Å². The van der Waals surface area contributed by atoms with Gasteiger partial charge in [-0.25, -0.2) is 4.98 Å². The van der Waals surface area contributed by atoms with Gasteiger partial charge in [0.2, 0.25) is 0 Å². The standard InChI is InChI=1S/C13H10N2OS/c1-8-4-5-9-10(7-8)15-13(16)12(14-9)11-3-2-6-17-11/h2-7H,1H3,(H,15,16). The Hall–Kier alpha value is -1.94. The van der Waals surface area contributed by atoms with E-state index in [0.717, 1.165) is 21.5 Å². The molecule has 0 aliphatic heterocycles. The summed E-state index contributed by atoms with van der Waals surface area (Å²) >= 11 is 1.52. The highest BCUT2D eigenvalue weighted by atomic mass is 32.1. The van der Waals surface area contributed by atoms with Crippen molar-refractivity contribution >= 4 is 22.4 Å². The summed E-state index contributed by atoms with van der Waals surface area (Å²) in [6.45, 7) is 1.99. The molecule has 0 saturated carbocycles. The first-order chi connectivity index (χ1) is 8.24. The van der Waals surface area contributed by atoms with Crippen molar-refractivity contribution in [1.29, 1.82) is 0 Å². The second-order valence-electron chi connectivity index (χ2n) is 3.91. The third-order valence-corrected chi connectivity index (χ3v) is 3.48. The maximum absolute atomic E-state index is 11.9. The zero-order valence-electron chi connectivity index (χ0n) is 9.23. The van der Waals surface area contributed by atoms with Gasteiger partial charge in [0.25, 0.3) is 5.56 Å². The highest BCUT2D eigenvalue weighted by molar-refractivity contribution is 7.13. The molecule has 4 heteroatoms. The van der Waals surface area contributed by atoms with Crippen LogP contribution in [0, 0.1) is 6.92 Å². The number of nitrogens with zero attached hydrogens (tertiary/aromatic N) is 1. The molecule has 0 fully saturated rings. The molecular weight excluding hydrogens is 232 g/mol. The number of aryl methyl sites for hydroxylation is 1. The molecule has 1 N–H and O–H groups in total. The number of aromatic nitrogens is 2. The molecule has 0 bridgehead atoms. The summed E-state index contributed by atoms with van der Waals surface area (Å²) in [7, 11) is 0. The van der Waals surface area contributed by atoms with Gasteiger partial charge in [0.1, 0.15) is 5.69 Å². The Morgan fingerprint density at radius 1 is 1.29 bits per heavy atom. The molecule has 3 rings (SSSR count). The fourth-order valence-electron chi connectivity index (χ4n) is 1.78. The van der Waals surface area contributed by atoms with E-state index in [4.69, 9.17) is 0 Å². The third kappa shape index (κ3) is 1.76. The SMILES string of the molecule is Cc1ccc2nc(-c3cccs3)c(=O)[nH]c2c1. The summed E-state index contributed by atoms with van der Waals surface area (Å²) in [5, 5.41) is 1.94. The van der Waals surface area contributed by atoms with Crippen LogP contribution in [0.15, 0.2) is 40.5 Å². The number of aromatic amines is 1. The molecule has 3 aromatic rings. The van der Waals surface area contributed by atoms with Crippen molar-refractivity contribution in [3.05, 3.63) is 51.6 Å². The summed E-state index contributed by atoms with van der Waals surface area (Å²) < 4.78 is 0. The Morgan fingerprint density at radius 2 is 2.18 bits per heavy atom. The molecule has 2 aromatic heterocycles. The average molecular weight is 242 g/mol. The molecule has 0 radical (unpaired) electrons. The van der Waals surface area contributed by atoms with Gasteiger partial charge in [-0.05, 0) is 36.1 Å². The largest absolute Gasteiger partial charge is 0.319 e. The maximum Gasteiger partial charge on any atom is 0.275 e. The van der Waals surface area contributed by atoms with Crippen LogP contribution < -0.4 is 5.56 Å². The normalized spacial score (nSPS) is 10.9. The zero-order valence-corrected chi connectivity index (χ0v) is 10.0. The van der Waals surface area contributed by atoms with Crippen LogP contribution in [-0.4, -0.2) is 9.97 Å². The average Bonchev–Trinajstić information content (AvgIpc) is 2.81. The van der Waals surface area contributed by atoms with Crippen molar-refractivity contribution in [3.8, 4) is 10.6 Å². The molecule has 0 unspecified atom stereocenters. The van der Waals surface area contributed by atoms with Gasteiger partial charge in [-0.2, -0.15) is 0 Å². The van der Waals surface area contributed by atoms with Gasteiger partial charge in [0.05, 0.1) is 15.9 Å². The van der Waals surface area contributed by atoms with Crippen LogP contribution in [-0.2, 0) is 0 Å². The predicted octanol–water partition coefficient (Wildman–Crippen LogP) is 2.96. The lowest BCUT2D eigenvalue weighted by molar-refractivity contribution is 1.22. The first kappa shape index (κ1) is 10.2. The van der Waals surface area contributed by atoms with Gasteiger partial charge >= 0.3 is 0 Å². The van der Waals surface area contributed by atoms with Gasteiger partial charge in [-0.3, -0.25) is 4.79 Å². The van der Waals surface area contributed by atoms with Crippen molar-refractivity contribution in [2.45, 2.75) is 6.92 Å². The van der Waals surface area contributed by atoms with E-state index in [1.54, 1.807) is 0 Å². The van der Waals surface area contributed by atoms with Gasteiger partial charge in [0.15, 0.2) is 0 Å². The van der Waals surface area contributed by atoms with Crippen molar-refractivity contribution in [3.63, 3.8) is 0 Å². The first-order valence-corrected chi connectivity index (χ1v) is 6.16. The lowest BCUT2D eigenvalue weighted by atomic mass is 10.2. The van der Waals surface area contributed by atoms with Crippen molar-refractivity contribution < 1.29 is 0 Å². The van der Waals surface area contributed by atoms with E-state index in [-0.39, 0.29) is 5.56 Å². The Labute approximate surface area is 102 Å². The summed E-state index contributed by atoms with van der Waals surface area (Å²) in [6.07, 6.45) is 0. The van der Waals surface area contributed by atoms with Crippen LogP contribution in [0.25, 0.3) is 21.6 Å². The molecule has 0 aliphatic carbocycles. The summed E-state index contributed by atoms with van der Waals surface area (Å²) in [5.74, 6) is 0. The van der Waals surface area contributed by atoms with Crippen LogP contribution in [0.4, 0.5) is 0 Å². The van der Waals surface area contributed by atoms with Crippen molar-refractivity contribution in [2.75, 3.05) is 0 Å². The molecule has 1 aromatic carbocycles. The number of nitrogens with one attached hydrogen (secondary N) is 1. The minimum absolute atomic E-state index is 0.134. The van der Waals surface area contributed by atoms with Crippen molar-refractivity contribution in [2.24, 2.45) is 0 Å². The minimum Gasteiger partial charge on any atom is -0.319 e. The van der Waals surface area contributed by atoms with Gasteiger partial charge in [-0.1, -0.05) is 12.1 Å². The third-order valence-electron chi connectivity index (χ3n) is 2.60. The number of fused-ring (bicyclic) bond motifs is 1. The number of benzene rings is 1. The van der Waals surface area contributed by atoms with Crippen LogP contribution in [0.1, 0.15) is 5.56 Å². The minimum atomic E-state index is -0.134. The van der Waals surface area contributed by atoms with Crippen LogP contribution in [0.5, 0.6) is 0 Å². The Balaban J connectivity index is 2.32. The topological polar surface area (TPSA) is 45.8 Å². The summed E-state index contributed by atoms with van der Waals surface area (Å²) in [6, 6.07) is 9.67. The van der Waals surface area contributed by atoms with E-state index in [1.165, 1.54) is 11.3 Å². The molecule has 0 saturated heterocycles. The van der Waals surface area contributed by atoms with E-state index >= 15 is 0 Å². The van der Waals surface area contributed by atoms with Gasteiger partial charge in [-0.15, -0.1) is 11.3 Å². The monoisotopic (exact) mass is 242 g/mol. The van der Waals surface area contributed by atoms with Crippen molar-refractivity contribution in [1.82, 2.24) is 9.97 Å². The second kappa shape index (κ2) is 3.82. The van der Waals surface area contributed by atoms with E-state index in [2.05, 4.69) is 9.97 Å². The van der Waals surface area contributed by atoms with Gasteiger partial charge < -0.3 is 4.98 Å². The fraction of sp³-hybridized carbons (Fsp3) is 0.0769. The quantitative estimate of drug-likeness (QED) is 0.713. The van der Waals surface area contributed by atoms with E-state index < -0.39 is 0 Å². The lowest BCUT2D eigenvalue weighted by Gasteiger charge is -2.01. The van der Waals surface area contributed by atoms with Gasteiger partial charge in [0, 0.05) is 0 Å². The van der Waals surface area contributed by atoms with Crippen LogP contribution >= 0.6 is 11.3 Å². The number of rotatable bonds is 1. The molecule has 17 heavy (non-hydrogen) atoms. The molecule has 0 atom stereocenters. The molecule has 0 aliphatic rings. The van der Waals surface area contributed by atoms with E-state index in [9.17, 15) is 4.79 Å². The first-order valence-electron chi connectivity index (χ1n) is 5.28. The van der Waals surface area contributed by atoms with E-state index in [1.807, 2.05) is 42.6 Å². The number of hydrogen-bond acceptors (Lipinski definition) is 3. The number of hydrogen-bond donors (Lipinski definition) is 1. The van der Waals surface area contributed by atoms with Crippen LogP contribution in [0.2, 0.25) is 0 Å². The number of thiophene rings is 1. The zero-order chi connectivity index (χ0) is 11.8. The Bertz CT molecular complexity index is 729. The molecule has 3 nitrogen and oxygen atoms in total. The second-order valence-corrected chi connectivity index (χ2v) is 4.86. The summed E-state index contributed by atoms with van der Waals surface area (Å²) in [4.78, 5) is 20.1. The Kier molecular flexibility index (Phi) is 2.30. The number of H-pyrrole nitrogens is 1. The lowest BCUT2D eigenvalue weighted by Crippen LogP contribution is -2.10. The summed E-state index contributed by atoms with van der Waals surface area (Å²) in [5.41, 5.74) is 3.08. The Morgan fingerprint density at radius 3 is 2.94 bits per heavy atom. The highest BCUT2D eigenvalue weighted by Gasteiger charge is 2.07. The molecule has 84 valence electrons.